The van der Waals surface area contributed by atoms with Crippen LogP contribution in [0.1, 0.15) is 85.5 Å². The monoisotopic (exact) mass is 332 g/mol. The first-order valence-corrected chi connectivity index (χ1v) is 10.5. The van der Waals surface area contributed by atoms with Crippen LogP contribution in [0.4, 0.5) is 0 Å². The van der Waals surface area contributed by atoms with E-state index in [9.17, 15) is 4.79 Å². The predicted octanol–water partition coefficient (Wildman–Crippen LogP) is 5.39. The van der Waals surface area contributed by atoms with Crippen molar-refractivity contribution in [2.24, 2.45) is 34.5 Å². The standard InChI is InChI=1S/C22H36O2/c1-14(2)24-20-8-7-18-17-6-5-15-13-16(23)9-11-21(15,3)19(17)10-12-22(18,20)4/h14-15,17-20H,5-13H2,1-4H3/t15-,17-,18-,19?,20-,21-,22-/m0/s1. The van der Waals surface area contributed by atoms with E-state index in [2.05, 4.69) is 27.7 Å². The molecule has 0 saturated heterocycles. The molecule has 0 heterocycles. The molecule has 0 aliphatic heterocycles. The zero-order chi connectivity index (χ0) is 17.1. The molecule has 0 radical (unpaired) electrons. The summed E-state index contributed by atoms with van der Waals surface area (Å²) >= 11 is 0. The maximum atomic E-state index is 12.0. The molecule has 0 bridgehead atoms. The number of fused-ring (bicyclic) bond motifs is 5. The quantitative estimate of drug-likeness (QED) is 0.677. The molecule has 4 rings (SSSR count). The topological polar surface area (TPSA) is 26.3 Å². The van der Waals surface area contributed by atoms with E-state index in [0.717, 1.165) is 37.0 Å². The van der Waals surface area contributed by atoms with Crippen molar-refractivity contribution in [2.75, 3.05) is 0 Å². The zero-order valence-electron chi connectivity index (χ0n) is 16.1. The van der Waals surface area contributed by atoms with Gasteiger partial charge < -0.3 is 4.74 Å². The Hall–Kier alpha value is -0.370. The molecule has 4 aliphatic carbocycles. The summed E-state index contributed by atoms with van der Waals surface area (Å²) in [5.41, 5.74) is 0.842. The number of ketones is 1. The Labute approximate surface area is 148 Å². The highest BCUT2D eigenvalue weighted by atomic mass is 16.5. The summed E-state index contributed by atoms with van der Waals surface area (Å²) in [6.07, 6.45) is 11.7. The smallest absolute Gasteiger partial charge is 0.133 e. The number of carbonyl (C=O) groups excluding carboxylic acids is 1. The fraction of sp³-hybridized carbons (Fsp3) is 0.955. The second-order valence-corrected chi connectivity index (χ2v) is 10.2. The lowest BCUT2D eigenvalue weighted by atomic mass is 9.45. The largest absolute Gasteiger partial charge is 0.375 e. The Bertz CT molecular complexity index is 512. The molecule has 0 aromatic heterocycles. The molecule has 4 aliphatic rings. The molecule has 0 aromatic carbocycles. The molecular formula is C22H36O2. The van der Waals surface area contributed by atoms with Gasteiger partial charge in [0.15, 0.2) is 0 Å². The van der Waals surface area contributed by atoms with E-state index in [0.29, 0.717) is 34.7 Å². The molecule has 24 heavy (non-hydrogen) atoms. The van der Waals surface area contributed by atoms with E-state index in [1.807, 2.05) is 0 Å². The highest BCUT2D eigenvalue weighted by Gasteiger charge is 2.60. The normalized spacial score (nSPS) is 51.2. The molecular weight excluding hydrogens is 296 g/mol. The summed E-state index contributed by atoms with van der Waals surface area (Å²) < 4.78 is 6.36. The third-order valence-corrected chi connectivity index (χ3v) is 8.83. The molecule has 2 heteroatoms. The van der Waals surface area contributed by atoms with Crippen LogP contribution < -0.4 is 0 Å². The van der Waals surface area contributed by atoms with E-state index < -0.39 is 0 Å². The van der Waals surface area contributed by atoms with Gasteiger partial charge in [0.1, 0.15) is 5.78 Å². The van der Waals surface area contributed by atoms with Crippen molar-refractivity contribution in [2.45, 2.75) is 97.7 Å². The number of hydrogen-bond acceptors (Lipinski definition) is 2. The van der Waals surface area contributed by atoms with E-state index >= 15 is 0 Å². The Morgan fingerprint density at radius 3 is 2.46 bits per heavy atom. The second-order valence-electron chi connectivity index (χ2n) is 10.2. The van der Waals surface area contributed by atoms with Crippen molar-refractivity contribution in [3.05, 3.63) is 0 Å². The maximum Gasteiger partial charge on any atom is 0.133 e. The molecule has 4 fully saturated rings. The average Bonchev–Trinajstić information content (AvgIpc) is 2.84. The van der Waals surface area contributed by atoms with Gasteiger partial charge in [0.05, 0.1) is 12.2 Å². The van der Waals surface area contributed by atoms with Crippen LogP contribution >= 0.6 is 0 Å². The molecule has 2 nitrogen and oxygen atoms in total. The van der Waals surface area contributed by atoms with Gasteiger partial charge in [0, 0.05) is 12.8 Å². The number of hydrogen-bond donors (Lipinski definition) is 0. The Morgan fingerprint density at radius 2 is 1.71 bits per heavy atom. The highest BCUT2D eigenvalue weighted by Crippen LogP contribution is 2.66. The fourth-order valence-corrected chi connectivity index (χ4v) is 7.55. The van der Waals surface area contributed by atoms with Crippen LogP contribution in [0.2, 0.25) is 0 Å². The molecule has 1 unspecified atom stereocenters. The van der Waals surface area contributed by atoms with Crippen molar-refractivity contribution >= 4 is 5.78 Å². The van der Waals surface area contributed by atoms with E-state index in [1.165, 1.54) is 38.5 Å². The van der Waals surface area contributed by atoms with Gasteiger partial charge in [-0.1, -0.05) is 13.8 Å². The summed E-state index contributed by atoms with van der Waals surface area (Å²) in [5.74, 6) is 3.81. The molecule has 0 aromatic rings. The number of ether oxygens (including phenoxy) is 1. The molecule has 136 valence electrons. The van der Waals surface area contributed by atoms with Crippen LogP contribution in [-0.4, -0.2) is 18.0 Å². The number of carbonyl (C=O) groups is 1. The highest BCUT2D eigenvalue weighted by molar-refractivity contribution is 5.79. The Kier molecular flexibility index (Phi) is 4.14. The minimum atomic E-state index is 0.348. The first-order chi connectivity index (χ1) is 11.3. The van der Waals surface area contributed by atoms with Crippen LogP contribution in [0.3, 0.4) is 0 Å². The van der Waals surface area contributed by atoms with E-state index in [1.54, 1.807) is 0 Å². The summed E-state index contributed by atoms with van der Waals surface area (Å²) in [4.78, 5) is 12.0. The lowest BCUT2D eigenvalue weighted by Gasteiger charge is -2.60. The van der Waals surface area contributed by atoms with E-state index in [4.69, 9.17) is 4.74 Å². The van der Waals surface area contributed by atoms with Gasteiger partial charge in [0.25, 0.3) is 0 Å². The van der Waals surface area contributed by atoms with Crippen LogP contribution in [0.15, 0.2) is 0 Å². The minimum Gasteiger partial charge on any atom is -0.375 e. The Balaban J connectivity index is 1.57. The van der Waals surface area contributed by atoms with Crippen molar-refractivity contribution in [1.29, 1.82) is 0 Å². The predicted molar refractivity (Wildman–Crippen MR) is 96.7 cm³/mol. The van der Waals surface area contributed by atoms with Crippen LogP contribution in [0, 0.1) is 34.5 Å². The van der Waals surface area contributed by atoms with E-state index in [-0.39, 0.29) is 0 Å². The van der Waals surface area contributed by atoms with Crippen LogP contribution in [0.25, 0.3) is 0 Å². The number of rotatable bonds is 2. The van der Waals surface area contributed by atoms with Gasteiger partial charge in [-0.05, 0) is 93.3 Å². The molecule has 4 saturated carbocycles. The van der Waals surface area contributed by atoms with Crippen LogP contribution in [0.5, 0.6) is 0 Å². The molecule has 0 spiro atoms. The zero-order valence-corrected chi connectivity index (χ0v) is 16.1. The van der Waals surface area contributed by atoms with Gasteiger partial charge in [-0.3, -0.25) is 4.79 Å². The molecule has 0 amide bonds. The van der Waals surface area contributed by atoms with Crippen molar-refractivity contribution in [3.8, 4) is 0 Å². The lowest BCUT2D eigenvalue weighted by Crippen LogP contribution is -2.54. The van der Waals surface area contributed by atoms with Gasteiger partial charge in [-0.15, -0.1) is 0 Å². The maximum absolute atomic E-state index is 12.0. The van der Waals surface area contributed by atoms with Crippen molar-refractivity contribution in [3.63, 3.8) is 0 Å². The second kappa shape index (κ2) is 5.83. The first kappa shape index (κ1) is 17.1. The molecule has 0 N–H and O–H groups in total. The van der Waals surface area contributed by atoms with Gasteiger partial charge in [-0.25, -0.2) is 0 Å². The summed E-state index contributed by atoms with van der Waals surface area (Å²) in [6, 6.07) is 0. The average molecular weight is 333 g/mol. The summed E-state index contributed by atoms with van der Waals surface area (Å²) in [7, 11) is 0. The SMILES string of the molecule is CC(C)O[C@H]1CC[C@H]2[C@@H]3CC[C@H]4CC(=O)CC[C@]4(C)C3CC[C@]12C. The van der Waals surface area contributed by atoms with Crippen molar-refractivity contribution in [1.82, 2.24) is 0 Å². The number of Topliss-reactive ketones (excluding diaryl/α,β-unsaturated/α-hetero) is 1. The van der Waals surface area contributed by atoms with Gasteiger partial charge in [0.2, 0.25) is 0 Å². The van der Waals surface area contributed by atoms with Crippen molar-refractivity contribution < 1.29 is 9.53 Å². The molecule has 7 atom stereocenters. The summed E-state index contributed by atoms with van der Waals surface area (Å²) in [5, 5.41) is 0. The minimum absolute atomic E-state index is 0.348. The van der Waals surface area contributed by atoms with Gasteiger partial charge >= 0.3 is 0 Å². The summed E-state index contributed by atoms with van der Waals surface area (Å²) in [6.45, 7) is 9.45. The fourth-order valence-electron chi connectivity index (χ4n) is 7.55. The lowest BCUT2D eigenvalue weighted by molar-refractivity contribution is -0.148. The van der Waals surface area contributed by atoms with Gasteiger partial charge in [-0.2, -0.15) is 0 Å². The third-order valence-electron chi connectivity index (χ3n) is 8.83. The first-order valence-electron chi connectivity index (χ1n) is 10.5. The van der Waals surface area contributed by atoms with Crippen LogP contribution in [-0.2, 0) is 9.53 Å². The third kappa shape index (κ3) is 2.42. The Morgan fingerprint density at radius 1 is 0.958 bits per heavy atom.